The summed E-state index contributed by atoms with van der Waals surface area (Å²) in [6.07, 6.45) is 1.08. The third-order valence-corrected chi connectivity index (χ3v) is 3.01. The average molecular weight is 212 g/mol. The van der Waals surface area contributed by atoms with Crippen molar-refractivity contribution in [2.24, 2.45) is 5.92 Å². The number of likely N-dealkylation sites (tertiary alicyclic amines) is 1. The van der Waals surface area contributed by atoms with Crippen molar-refractivity contribution in [1.29, 1.82) is 0 Å². The molecule has 0 aromatic carbocycles. The van der Waals surface area contributed by atoms with E-state index in [0.29, 0.717) is 6.04 Å². The van der Waals surface area contributed by atoms with Gasteiger partial charge in [-0.2, -0.15) is 0 Å². The molecule has 1 saturated heterocycles. The first-order valence-corrected chi connectivity index (χ1v) is 5.86. The van der Waals surface area contributed by atoms with Gasteiger partial charge >= 0.3 is 0 Å². The summed E-state index contributed by atoms with van der Waals surface area (Å²) in [5.74, 6) is 0.268. The fourth-order valence-corrected chi connectivity index (χ4v) is 1.86. The molecule has 3 heteroatoms. The van der Waals surface area contributed by atoms with Crippen molar-refractivity contribution in [1.82, 2.24) is 10.2 Å². The van der Waals surface area contributed by atoms with Crippen LogP contribution in [0.4, 0.5) is 0 Å². The molecule has 0 spiro atoms. The standard InChI is InChI=1S/C12H24N2O/c1-9(2)11(15)13-10-6-7-14(8-10)12(3,4)5/h9-10H,6-8H2,1-5H3,(H,13,15). The maximum atomic E-state index is 11.5. The molecule has 1 N–H and O–H groups in total. The molecular formula is C12H24N2O. The van der Waals surface area contributed by atoms with E-state index in [1.54, 1.807) is 0 Å². The summed E-state index contributed by atoms with van der Waals surface area (Å²) in [6, 6.07) is 0.346. The minimum Gasteiger partial charge on any atom is -0.352 e. The molecule has 0 aromatic rings. The van der Waals surface area contributed by atoms with Crippen LogP contribution >= 0.6 is 0 Å². The van der Waals surface area contributed by atoms with Gasteiger partial charge in [0.1, 0.15) is 0 Å². The second kappa shape index (κ2) is 4.52. The van der Waals surface area contributed by atoms with Gasteiger partial charge in [0, 0.05) is 30.6 Å². The minimum absolute atomic E-state index is 0.0914. The summed E-state index contributed by atoms with van der Waals surface area (Å²) in [7, 11) is 0. The maximum absolute atomic E-state index is 11.5. The van der Waals surface area contributed by atoms with Crippen LogP contribution in [-0.2, 0) is 4.79 Å². The summed E-state index contributed by atoms with van der Waals surface area (Å²) in [6.45, 7) is 12.6. The van der Waals surface area contributed by atoms with E-state index in [4.69, 9.17) is 0 Å². The fourth-order valence-electron chi connectivity index (χ4n) is 1.86. The molecule has 0 bridgehead atoms. The quantitative estimate of drug-likeness (QED) is 0.754. The number of amides is 1. The highest BCUT2D eigenvalue weighted by Crippen LogP contribution is 2.20. The van der Waals surface area contributed by atoms with E-state index in [-0.39, 0.29) is 17.4 Å². The van der Waals surface area contributed by atoms with Crippen molar-refractivity contribution < 1.29 is 4.79 Å². The van der Waals surface area contributed by atoms with E-state index >= 15 is 0 Å². The van der Waals surface area contributed by atoms with E-state index in [9.17, 15) is 4.79 Å². The number of carbonyl (C=O) groups is 1. The van der Waals surface area contributed by atoms with Gasteiger partial charge in [0.25, 0.3) is 0 Å². The lowest BCUT2D eigenvalue weighted by molar-refractivity contribution is -0.124. The van der Waals surface area contributed by atoms with Crippen molar-refractivity contribution in [3.8, 4) is 0 Å². The van der Waals surface area contributed by atoms with Gasteiger partial charge in [-0.3, -0.25) is 9.69 Å². The summed E-state index contributed by atoms with van der Waals surface area (Å²) in [4.78, 5) is 14.0. The molecule has 15 heavy (non-hydrogen) atoms. The van der Waals surface area contributed by atoms with Crippen molar-refractivity contribution in [3.63, 3.8) is 0 Å². The fraction of sp³-hybridized carbons (Fsp3) is 0.917. The number of hydrogen-bond donors (Lipinski definition) is 1. The molecule has 0 aromatic heterocycles. The third-order valence-electron chi connectivity index (χ3n) is 3.01. The zero-order chi connectivity index (χ0) is 11.6. The summed E-state index contributed by atoms with van der Waals surface area (Å²) < 4.78 is 0. The number of carbonyl (C=O) groups excluding carboxylic acids is 1. The van der Waals surface area contributed by atoms with Gasteiger partial charge in [-0.05, 0) is 27.2 Å². The summed E-state index contributed by atoms with van der Waals surface area (Å²) >= 11 is 0. The van der Waals surface area contributed by atoms with Crippen molar-refractivity contribution in [3.05, 3.63) is 0 Å². The Morgan fingerprint density at radius 3 is 2.40 bits per heavy atom. The molecule has 1 aliphatic heterocycles. The number of rotatable bonds is 2. The van der Waals surface area contributed by atoms with Crippen LogP contribution in [0.25, 0.3) is 0 Å². The molecule has 1 heterocycles. The Kier molecular flexibility index (Phi) is 3.77. The van der Waals surface area contributed by atoms with Crippen LogP contribution in [0.2, 0.25) is 0 Å². The predicted molar refractivity (Wildman–Crippen MR) is 62.7 cm³/mol. The molecule has 0 saturated carbocycles. The molecule has 1 fully saturated rings. The van der Waals surface area contributed by atoms with Crippen LogP contribution in [0.15, 0.2) is 0 Å². The van der Waals surface area contributed by atoms with E-state index in [2.05, 4.69) is 31.0 Å². The van der Waals surface area contributed by atoms with Crippen LogP contribution in [0, 0.1) is 5.92 Å². The predicted octanol–water partition coefficient (Wildman–Crippen LogP) is 1.63. The Morgan fingerprint density at radius 2 is 2.00 bits per heavy atom. The number of nitrogens with one attached hydrogen (secondary N) is 1. The Hall–Kier alpha value is -0.570. The van der Waals surface area contributed by atoms with Crippen LogP contribution in [0.1, 0.15) is 41.0 Å². The van der Waals surface area contributed by atoms with Gasteiger partial charge in [-0.15, -0.1) is 0 Å². The largest absolute Gasteiger partial charge is 0.352 e. The van der Waals surface area contributed by atoms with Gasteiger partial charge in [-0.1, -0.05) is 13.8 Å². The Bertz CT molecular complexity index is 230. The zero-order valence-corrected chi connectivity index (χ0v) is 10.6. The molecule has 3 nitrogen and oxygen atoms in total. The third kappa shape index (κ3) is 3.49. The SMILES string of the molecule is CC(C)C(=O)NC1CCN(C(C)(C)C)C1. The molecule has 88 valence electrons. The van der Waals surface area contributed by atoms with E-state index < -0.39 is 0 Å². The molecule has 1 aliphatic rings. The summed E-state index contributed by atoms with van der Waals surface area (Å²) in [5, 5.41) is 3.10. The van der Waals surface area contributed by atoms with Crippen LogP contribution in [0.3, 0.4) is 0 Å². The first kappa shape index (κ1) is 12.5. The Balaban J connectivity index is 2.41. The van der Waals surface area contributed by atoms with Crippen molar-refractivity contribution in [2.45, 2.75) is 52.6 Å². The van der Waals surface area contributed by atoms with Gasteiger partial charge in [0.2, 0.25) is 5.91 Å². The lowest BCUT2D eigenvalue weighted by Gasteiger charge is -2.31. The van der Waals surface area contributed by atoms with Crippen LogP contribution in [0.5, 0.6) is 0 Å². The monoisotopic (exact) mass is 212 g/mol. The highest BCUT2D eigenvalue weighted by molar-refractivity contribution is 5.78. The lowest BCUT2D eigenvalue weighted by atomic mass is 10.1. The minimum atomic E-state index is 0.0914. The van der Waals surface area contributed by atoms with Crippen molar-refractivity contribution >= 4 is 5.91 Å². The molecule has 1 unspecified atom stereocenters. The molecular weight excluding hydrogens is 188 g/mol. The molecule has 1 atom stereocenters. The normalized spacial score (nSPS) is 23.5. The highest BCUT2D eigenvalue weighted by atomic mass is 16.1. The lowest BCUT2D eigenvalue weighted by Crippen LogP contribution is -2.44. The van der Waals surface area contributed by atoms with Crippen LogP contribution < -0.4 is 5.32 Å². The first-order valence-electron chi connectivity index (χ1n) is 5.86. The first-order chi connectivity index (χ1) is 6.80. The molecule has 1 amide bonds. The highest BCUT2D eigenvalue weighted by Gasteiger charge is 2.30. The molecule has 0 aliphatic carbocycles. The number of hydrogen-bond acceptors (Lipinski definition) is 2. The van der Waals surface area contributed by atoms with Crippen molar-refractivity contribution in [2.75, 3.05) is 13.1 Å². The molecule has 0 radical (unpaired) electrons. The van der Waals surface area contributed by atoms with Crippen LogP contribution in [-0.4, -0.2) is 35.5 Å². The van der Waals surface area contributed by atoms with Gasteiger partial charge in [0.15, 0.2) is 0 Å². The molecule has 1 rings (SSSR count). The smallest absolute Gasteiger partial charge is 0.222 e. The second-order valence-corrected chi connectivity index (χ2v) is 5.77. The maximum Gasteiger partial charge on any atom is 0.222 e. The summed E-state index contributed by atoms with van der Waals surface area (Å²) in [5.41, 5.74) is 0.220. The van der Waals surface area contributed by atoms with Gasteiger partial charge in [0.05, 0.1) is 0 Å². The van der Waals surface area contributed by atoms with E-state index in [1.807, 2.05) is 13.8 Å². The Labute approximate surface area is 93.2 Å². The van der Waals surface area contributed by atoms with E-state index in [1.165, 1.54) is 0 Å². The van der Waals surface area contributed by atoms with Gasteiger partial charge < -0.3 is 5.32 Å². The topological polar surface area (TPSA) is 32.3 Å². The van der Waals surface area contributed by atoms with Gasteiger partial charge in [-0.25, -0.2) is 0 Å². The second-order valence-electron chi connectivity index (χ2n) is 5.77. The zero-order valence-electron chi connectivity index (χ0n) is 10.6. The van der Waals surface area contributed by atoms with E-state index in [0.717, 1.165) is 19.5 Å². The Morgan fingerprint density at radius 1 is 1.40 bits per heavy atom. The average Bonchev–Trinajstić information content (AvgIpc) is 2.51. The number of nitrogens with zero attached hydrogens (tertiary/aromatic N) is 1.